The van der Waals surface area contributed by atoms with Crippen LogP contribution in [0.3, 0.4) is 0 Å². The van der Waals surface area contributed by atoms with Crippen LogP contribution in [0.25, 0.3) is 0 Å². The number of aromatic nitrogens is 2. The number of allylic oxidation sites excluding steroid dienone is 3. The van der Waals surface area contributed by atoms with Gasteiger partial charge in [-0.2, -0.15) is 31.4 Å². The van der Waals surface area contributed by atoms with Crippen LogP contribution in [0.1, 0.15) is 55.5 Å². The Morgan fingerprint density at radius 2 is 1.77 bits per heavy atom. The van der Waals surface area contributed by atoms with Gasteiger partial charge < -0.3 is 9.80 Å². The van der Waals surface area contributed by atoms with Gasteiger partial charge >= 0.3 is 12.4 Å². The molecule has 1 N–H and O–H groups in total. The zero-order valence-electron chi connectivity index (χ0n) is 21.4. The van der Waals surface area contributed by atoms with E-state index < -0.39 is 35.1 Å². The van der Waals surface area contributed by atoms with Crippen LogP contribution in [0.5, 0.6) is 0 Å². The number of aromatic amines is 1. The molecule has 214 valence electrons. The number of fused-ring (bicyclic) bond motifs is 1. The van der Waals surface area contributed by atoms with Crippen molar-refractivity contribution in [3.05, 3.63) is 50.7 Å². The summed E-state index contributed by atoms with van der Waals surface area (Å²) in [7, 11) is 0. The summed E-state index contributed by atoms with van der Waals surface area (Å²) in [5, 5.41) is 5.90. The van der Waals surface area contributed by atoms with Gasteiger partial charge in [-0.25, -0.2) is 10.1 Å². The van der Waals surface area contributed by atoms with Gasteiger partial charge in [-0.15, -0.1) is 0 Å². The highest BCUT2D eigenvalue weighted by Gasteiger charge is 2.42. The van der Waals surface area contributed by atoms with Crippen molar-refractivity contribution in [3.63, 3.8) is 0 Å². The Balaban J connectivity index is 1.33. The molecule has 1 amide bonds. The molecule has 1 aromatic heterocycles. The average molecular weight is 561 g/mol. The van der Waals surface area contributed by atoms with E-state index in [0.717, 1.165) is 12.3 Å². The van der Waals surface area contributed by atoms with Crippen molar-refractivity contribution in [2.24, 2.45) is 4.99 Å². The molecule has 0 saturated carbocycles. The largest absolute Gasteiger partial charge is 0.422 e. The molecular weight excluding hydrogens is 530 g/mol. The summed E-state index contributed by atoms with van der Waals surface area (Å²) >= 11 is 0. The minimum Gasteiger partial charge on any atom is -0.353 e. The third kappa shape index (κ3) is 6.53. The van der Waals surface area contributed by atoms with Crippen molar-refractivity contribution in [1.29, 1.82) is 0 Å². The molecular formula is C25H30F6N6O2. The first-order chi connectivity index (χ1) is 18.4. The fourth-order valence-corrected chi connectivity index (χ4v) is 5.31. The lowest BCUT2D eigenvalue weighted by molar-refractivity contribution is -0.139. The summed E-state index contributed by atoms with van der Waals surface area (Å²) in [6.45, 7) is 4.24. The van der Waals surface area contributed by atoms with E-state index in [2.05, 4.69) is 10.1 Å². The molecule has 1 unspecified atom stereocenters. The van der Waals surface area contributed by atoms with Gasteiger partial charge in [-0.1, -0.05) is 13.0 Å². The topological polar surface area (TPSA) is 84.9 Å². The predicted octanol–water partition coefficient (Wildman–Crippen LogP) is 3.83. The van der Waals surface area contributed by atoms with E-state index in [1.807, 2.05) is 21.8 Å². The summed E-state index contributed by atoms with van der Waals surface area (Å²) in [5.74, 6) is 0.340. The van der Waals surface area contributed by atoms with Crippen LogP contribution >= 0.6 is 0 Å². The first-order valence-corrected chi connectivity index (χ1v) is 12.9. The minimum absolute atomic E-state index is 0.0801. The molecule has 3 aliphatic rings. The molecule has 0 radical (unpaired) electrons. The number of amides is 1. The van der Waals surface area contributed by atoms with Crippen LogP contribution in [0.15, 0.2) is 33.3 Å². The summed E-state index contributed by atoms with van der Waals surface area (Å²) in [4.78, 5) is 34.2. The molecule has 8 nitrogen and oxygen atoms in total. The maximum absolute atomic E-state index is 13.4. The van der Waals surface area contributed by atoms with Crippen LogP contribution in [0.4, 0.5) is 26.3 Å². The Kier molecular flexibility index (Phi) is 8.52. The number of carbonyl (C=O) groups excluding carboxylic acids is 1. The number of aliphatic imine (C=N–C) groups is 1. The van der Waals surface area contributed by atoms with E-state index >= 15 is 0 Å². The molecule has 0 bridgehead atoms. The van der Waals surface area contributed by atoms with Crippen LogP contribution in [-0.4, -0.2) is 82.5 Å². The smallest absolute Gasteiger partial charge is 0.353 e. The van der Waals surface area contributed by atoms with Gasteiger partial charge in [-0.05, 0) is 43.9 Å². The monoisotopic (exact) mass is 560 g/mol. The zero-order valence-corrected chi connectivity index (χ0v) is 21.4. The van der Waals surface area contributed by atoms with Gasteiger partial charge in [0, 0.05) is 45.4 Å². The fraction of sp³-hybridized carbons (Fsp3) is 0.600. The Labute approximate surface area is 221 Å². The number of alkyl halides is 6. The lowest BCUT2D eigenvalue weighted by Crippen LogP contribution is -2.48. The Bertz CT molecular complexity index is 1210. The number of carbonyl (C=O) groups is 1. The molecule has 1 saturated heterocycles. The van der Waals surface area contributed by atoms with Gasteiger partial charge in [0.25, 0.3) is 5.56 Å². The number of halogens is 6. The number of H-pyrrole nitrogens is 1. The number of piperazine rings is 1. The first-order valence-electron chi connectivity index (χ1n) is 12.9. The molecule has 2 aliphatic heterocycles. The Hall–Kier alpha value is -3.16. The van der Waals surface area contributed by atoms with Crippen molar-refractivity contribution in [2.75, 3.05) is 39.3 Å². The number of nitrogens with one attached hydrogen (secondary N) is 1. The van der Waals surface area contributed by atoms with Gasteiger partial charge in [0.2, 0.25) is 5.91 Å². The third-order valence-corrected chi connectivity index (χ3v) is 7.32. The highest BCUT2D eigenvalue weighted by molar-refractivity contribution is 5.81. The van der Waals surface area contributed by atoms with Crippen LogP contribution in [0, 0.1) is 0 Å². The molecule has 14 heteroatoms. The van der Waals surface area contributed by atoms with Gasteiger partial charge in [0.1, 0.15) is 11.4 Å². The minimum atomic E-state index is -4.78. The molecule has 4 rings (SSSR count). The molecule has 1 fully saturated rings. The van der Waals surface area contributed by atoms with Gasteiger partial charge in [0.15, 0.2) is 0 Å². The van der Waals surface area contributed by atoms with Crippen molar-refractivity contribution in [3.8, 4) is 0 Å². The normalized spacial score (nSPS) is 22.6. The molecule has 0 spiro atoms. The van der Waals surface area contributed by atoms with Gasteiger partial charge in [-0.3, -0.25) is 14.5 Å². The van der Waals surface area contributed by atoms with E-state index in [1.54, 1.807) is 11.0 Å². The molecule has 1 aliphatic carbocycles. The first kappa shape index (κ1) is 28.8. The number of hydrogen-bond acceptors (Lipinski definition) is 6. The van der Waals surface area contributed by atoms with Crippen LogP contribution in [-0.2, 0) is 17.4 Å². The van der Waals surface area contributed by atoms with E-state index in [-0.39, 0.29) is 36.4 Å². The lowest BCUT2D eigenvalue weighted by atomic mass is 10.1. The maximum Gasteiger partial charge on any atom is 0.422 e. The Morgan fingerprint density at radius 3 is 2.41 bits per heavy atom. The number of hydrogen-bond donors (Lipinski definition) is 1. The maximum atomic E-state index is 13.4. The van der Waals surface area contributed by atoms with E-state index in [0.29, 0.717) is 57.9 Å². The van der Waals surface area contributed by atoms with Crippen molar-refractivity contribution in [2.45, 2.75) is 57.4 Å². The van der Waals surface area contributed by atoms with Crippen LogP contribution < -0.4 is 5.56 Å². The van der Waals surface area contributed by atoms with Crippen molar-refractivity contribution >= 4 is 12.1 Å². The summed E-state index contributed by atoms with van der Waals surface area (Å²) < 4.78 is 79.6. The molecule has 3 heterocycles. The van der Waals surface area contributed by atoms with Crippen LogP contribution in [0.2, 0.25) is 0 Å². The lowest BCUT2D eigenvalue weighted by Gasteiger charge is -2.37. The van der Waals surface area contributed by atoms with Crippen molar-refractivity contribution < 1.29 is 31.1 Å². The van der Waals surface area contributed by atoms with E-state index in [4.69, 9.17) is 0 Å². The second kappa shape index (κ2) is 11.5. The summed E-state index contributed by atoms with van der Waals surface area (Å²) in [6, 6.07) is -0.438. The molecule has 0 aromatic carbocycles. The van der Waals surface area contributed by atoms with Crippen molar-refractivity contribution in [1.82, 2.24) is 24.9 Å². The van der Waals surface area contributed by atoms with E-state index in [1.165, 1.54) is 0 Å². The number of rotatable bonds is 6. The fourth-order valence-electron chi connectivity index (χ4n) is 5.31. The Morgan fingerprint density at radius 1 is 1.08 bits per heavy atom. The van der Waals surface area contributed by atoms with E-state index in [9.17, 15) is 35.9 Å². The van der Waals surface area contributed by atoms with Gasteiger partial charge in [0.05, 0.1) is 17.3 Å². The highest BCUT2D eigenvalue weighted by atomic mass is 19.4. The quantitative estimate of drug-likeness (QED) is 0.535. The number of nitrogens with zero attached hydrogens (tertiary/aromatic N) is 5. The second-order valence-electron chi connectivity index (χ2n) is 9.65. The highest BCUT2D eigenvalue weighted by Crippen LogP contribution is 2.39. The average Bonchev–Trinajstić information content (AvgIpc) is 3.26. The SMILES string of the molecule is CCN(CCC(=O)N1CCN(C2=C/CCC=C(C(F)(F)F)/C=N\2)CC1)C1CCc2c1n[nH]c(=O)c2C(F)(F)F. The summed E-state index contributed by atoms with van der Waals surface area (Å²) in [6.07, 6.45) is -4.20. The molecule has 39 heavy (non-hydrogen) atoms. The molecule has 1 atom stereocenters. The standard InChI is InChI=1S/C25H30F6N6O2/c1-2-35(18-8-7-17-21(25(29,30)31)23(39)34-33-22(17)18)10-9-20(38)37-13-11-36(12-14-37)19-6-4-3-5-16(15-32-19)24(26,27)28/h5-6,15,18H,2-4,7-14H2,1H3,(H,34,39)/b16-5?,19-6+,32-15-. The predicted molar refractivity (Wildman–Crippen MR) is 131 cm³/mol. The third-order valence-electron chi connectivity index (χ3n) is 7.32. The summed E-state index contributed by atoms with van der Waals surface area (Å²) in [5.41, 5.74) is -3.11. The zero-order chi connectivity index (χ0) is 28.4. The molecule has 1 aromatic rings. The second-order valence-corrected chi connectivity index (χ2v) is 9.65.